The summed E-state index contributed by atoms with van der Waals surface area (Å²) < 4.78 is 69.5. The molecular formula is C21H23F5N6. The molecule has 0 unspecified atom stereocenters. The average Bonchev–Trinajstić information content (AvgIpc) is 3.22. The lowest BCUT2D eigenvalue weighted by atomic mass is 10.1. The molecule has 172 valence electrons. The molecule has 11 heteroatoms. The Balaban J connectivity index is 1.81. The van der Waals surface area contributed by atoms with Gasteiger partial charge in [0.15, 0.2) is 17.0 Å². The van der Waals surface area contributed by atoms with Crippen LogP contribution in [-0.4, -0.2) is 44.1 Å². The summed E-state index contributed by atoms with van der Waals surface area (Å²) in [6, 6.07) is 5.28. The molecule has 1 N–H and O–H groups in total. The van der Waals surface area contributed by atoms with Gasteiger partial charge in [-0.25, -0.2) is 13.8 Å². The van der Waals surface area contributed by atoms with Gasteiger partial charge >= 0.3 is 6.18 Å². The van der Waals surface area contributed by atoms with Crippen LogP contribution < -0.4 is 10.2 Å². The van der Waals surface area contributed by atoms with Gasteiger partial charge in [-0.1, -0.05) is 18.2 Å². The normalized spacial score (nSPS) is 16.7. The Bertz CT molecular complexity index is 1130. The van der Waals surface area contributed by atoms with Gasteiger partial charge in [0.1, 0.15) is 0 Å². The van der Waals surface area contributed by atoms with Crippen molar-refractivity contribution in [3.63, 3.8) is 0 Å². The summed E-state index contributed by atoms with van der Waals surface area (Å²) in [7, 11) is 0. The van der Waals surface area contributed by atoms with Crippen molar-refractivity contribution >= 4 is 22.9 Å². The molecule has 1 fully saturated rings. The van der Waals surface area contributed by atoms with E-state index in [9.17, 15) is 22.0 Å². The minimum absolute atomic E-state index is 0.0532. The number of aromatic nitrogens is 4. The Morgan fingerprint density at radius 1 is 1.09 bits per heavy atom. The Morgan fingerprint density at radius 3 is 2.44 bits per heavy atom. The molecule has 0 atom stereocenters. The van der Waals surface area contributed by atoms with Crippen LogP contribution in [0.5, 0.6) is 0 Å². The van der Waals surface area contributed by atoms with Gasteiger partial charge < -0.3 is 14.8 Å². The van der Waals surface area contributed by atoms with E-state index < -0.39 is 29.7 Å². The number of hydrogen-bond acceptors (Lipinski definition) is 5. The van der Waals surface area contributed by atoms with Crippen molar-refractivity contribution in [2.75, 3.05) is 23.3 Å². The van der Waals surface area contributed by atoms with Crippen molar-refractivity contribution in [1.29, 1.82) is 0 Å². The van der Waals surface area contributed by atoms with Crippen molar-refractivity contribution in [3.8, 4) is 0 Å². The van der Waals surface area contributed by atoms with Crippen LogP contribution in [0.25, 0.3) is 11.2 Å². The molecule has 1 aromatic carbocycles. The van der Waals surface area contributed by atoms with Crippen LogP contribution in [-0.2, 0) is 12.7 Å². The predicted molar refractivity (Wildman–Crippen MR) is 111 cm³/mol. The molecule has 0 bridgehead atoms. The average molecular weight is 454 g/mol. The maximum Gasteiger partial charge on any atom is 0.416 e. The van der Waals surface area contributed by atoms with Crippen LogP contribution in [0.3, 0.4) is 0 Å². The Kier molecular flexibility index (Phi) is 5.25. The van der Waals surface area contributed by atoms with E-state index in [0.717, 1.165) is 6.07 Å². The number of fused-ring (bicyclic) bond motifs is 1. The zero-order valence-electron chi connectivity index (χ0n) is 17.8. The standard InChI is InChI=1S/C21H23F5N6/c1-19(2,3)30-18-28-16(31-9-8-20(22,23)11-31)15-17(29-18)32(12-27-15)10-13-6-4-5-7-14(13)21(24,25)26/h4-7,12H,8-11H2,1-3H3,(H,28,29,30). The largest absolute Gasteiger partial charge is 0.416 e. The summed E-state index contributed by atoms with van der Waals surface area (Å²) in [5, 5.41) is 3.12. The lowest BCUT2D eigenvalue weighted by molar-refractivity contribution is -0.138. The summed E-state index contributed by atoms with van der Waals surface area (Å²) in [5.41, 5.74) is -0.574. The smallest absolute Gasteiger partial charge is 0.350 e. The van der Waals surface area contributed by atoms with E-state index in [-0.39, 0.29) is 48.0 Å². The maximum atomic E-state index is 13.9. The number of rotatable bonds is 4. The molecule has 3 aromatic rings. The summed E-state index contributed by atoms with van der Waals surface area (Å²) in [6.45, 7) is 5.13. The second-order valence-electron chi connectivity index (χ2n) is 8.97. The lowest BCUT2D eigenvalue weighted by Gasteiger charge is -2.23. The molecule has 0 spiro atoms. The van der Waals surface area contributed by atoms with Crippen molar-refractivity contribution in [2.24, 2.45) is 0 Å². The zero-order chi connectivity index (χ0) is 23.3. The number of halogens is 5. The fourth-order valence-corrected chi connectivity index (χ4v) is 3.69. The number of nitrogens with zero attached hydrogens (tertiary/aromatic N) is 5. The van der Waals surface area contributed by atoms with E-state index in [1.165, 1.54) is 34.0 Å². The third kappa shape index (κ3) is 4.61. The number of anilines is 2. The number of alkyl halides is 5. The number of imidazole rings is 1. The number of nitrogens with one attached hydrogen (secondary N) is 1. The molecule has 4 rings (SSSR count). The molecule has 0 saturated carbocycles. The number of hydrogen-bond donors (Lipinski definition) is 1. The summed E-state index contributed by atoms with van der Waals surface area (Å²) in [4.78, 5) is 14.6. The molecule has 3 heterocycles. The predicted octanol–water partition coefficient (Wildman–Crippen LogP) is 4.95. The topological polar surface area (TPSA) is 58.9 Å². The van der Waals surface area contributed by atoms with Crippen LogP contribution in [0.1, 0.15) is 38.3 Å². The first-order valence-electron chi connectivity index (χ1n) is 10.1. The minimum Gasteiger partial charge on any atom is -0.350 e. The quantitative estimate of drug-likeness (QED) is 0.566. The van der Waals surface area contributed by atoms with E-state index in [1.54, 1.807) is 0 Å². The summed E-state index contributed by atoms with van der Waals surface area (Å²) in [5.74, 6) is -2.41. The van der Waals surface area contributed by atoms with Gasteiger partial charge in [-0.15, -0.1) is 0 Å². The van der Waals surface area contributed by atoms with Crippen LogP contribution >= 0.6 is 0 Å². The fourth-order valence-electron chi connectivity index (χ4n) is 3.69. The summed E-state index contributed by atoms with van der Waals surface area (Å²) in [6.07, 6.45) is -3.45. The summed E-state index contributed by atoms with van der Waals surface area (Å²) >= 11 is 0. The van der Waals surface area contributed by atoms with Gasteiger partial charge in [0, 0.05) is 18.5 Å². The van der Waals surface area contributed by atoms with E-state index in [0.29, 0.717) is 0 Å². The molecule has 1 aliphatic heterocycles. The molecule has 0 amide bonds. The number of benzene rings is 1. The third-order valence-corrected chi connectivity index (χ3v) is 5.06. The van der Waals surface area contributed by atoms with Crippen molar-refractivity contribution < 1.29 is 22.0 Å². The maximum absolute atomic E-state index is 13.9. The Hall–Kier alpha value is -2.98. The SMILES string of the molecule is CC(C)(C)Nc1nc(N2CCC(F)(F)C2)c2ncn(Cc3ccccc3C(F)(F)F)c2n1. The van der Waals surface area contributed by atoms with Crippen LogP contribution in [0, 0.1) is 0 Å². The van der Waals surface area contributed by atoms with E-state index in [2.05, 4.69) is 20.3 Å². The van der Waals surface area contributed by atoms with Crippen LogP contribution in [0.15, 0.2) is 30.6 Å². The Morgan fingerprint density at radius 2 is 1.81 bits per heavy atom. The van der Waals surface area contributed by atoms with Gasteiger partial charge in [-0.3, -0.25) is 0 Å². The molecule has 2 aromatic heterocycles. The minimum atomic E-state index is -4.51. The highest BCUT2D eigenvalue weighted by molar-refractivity contribution is 5.85. The van der Waals surface area contributed by atoms with E-state index >= 15 is 0 Å². The van der Waals surface area contributed by atoms with E-state index in [1.807, 2.05) is 20.8 Å². The van der Waals surface area contributed by atoms with Gasteiger partial charge in [0.25, 0.3) is 5.92 Å². The second kappa shape index (κ2) is 7.56. The van der Waals surface area contributed by atoms with Crippen molar-refractivity contribution in [2.45, 2.75) is 51.4 Å². The van der Waals surface area contributed by atoms with Gasteiger partial charge in [0.2, 0.25) is 5.95 Å². The molecule has 32 heavy (non-hydrogen) atoms. The highest BCUT2D eigenvalue weighted by atomic mass is 19.4. The van der Waals surface area contributed by atoms with E-state index in [4.69, 9.17) is 0 Å². The molecule has 1 saturated heterocycles. The molecule has 0 aliphatic carbocycles. The first-order chi connectivity index (χ1) is 14.8. The highest BCUT2D eigenvalue weighted by Crippen LogP contribution is 2.35. The Labute approximate surface area is 181 Å². The zero-order valence-corrected chi connectivity index (χ0v) is 17.8. The second-order valence-corrected chi connectivity index (χ2v) is 8.97. The first-order valence-corrected chi connectivity index (χ1v) is 10.1. The molecular weight excluding hydrogens is 431 g/mol. The van der Waals surface area contributed by atoms with Crippen molar-refractivity contribution in [3.05, 3.63) is 41.7 Å². The van der Waals surface area contributed by atoms with Gasteiger partial charge in [-0.05, 0) is 32.4 Å². The van der Waals surface area contributed by atoms with Crippen molar-refractivity contribution in [1.82, 2.24) is 19.5 Å². The highest BCUT2D eigenvalue weighted by Gasteiger charge is 2.40. The van der Waals surface area contributed by atoms with Gasteiger partial charge in [-0.2, -0.15) is 23.1 Å². The van der Waals surface area contributed by atoms with Crippen LogP contribution in [0.2, 0.25) is 0 Å². The molecule has 0 radical (unpaired) electrons. The fraction of sp³-hybridized carbons (Fsp3) is 0.476. The lowest BCUT2D eigenvalue weighted by Crippen LogP contribution is -2.29. The molecule has 1 aliphatic rings. The third-order valence-electron chi connectivity index (χ3n) is 5.06. The van der Waals surface area contributed by atoms with Crippen LogP contribution in [0.4, 0.5) is 33.7 Å². The molecule has 6 nitrogen and oxygen atoms in total. The monoisotopic (exact) mass is 454 g/mol. The first kappa shape index (κ1) is 22.2. The van der Waals surface area contributed by atoms with Gasteiger partial charge in [0.05, 0.1) is 25.0 Å².